The zero-order chi connectivity index (χ0) is 19.9. The van der Waals surface area contributed by atoms with Gasteiger partial charge in [-0.05, 0) is 59.9 Å². The van der Waals surface area contributed by atoms with Crippen LogP contribution in [-0.2, 0) is 0 Å². The molecule has 28 heavy (non-hydrogen) atoms. The molecule has 3 aromatic carbocycles. The van der Waals surface area contributed by atoms with Crippen LogP contribution in [0.1, 0.15) is 47.5 Å². The van der Waals surface area contributed by atoms with Gasteiger partial charge in [-0.1, -0.05) is 87.0 Å². The predicted octanol–water partition coefficient (Wildman–Crippen LogP) is 7.88. The fraction of sp³-hybridized carbons (Fsp3) is 0.333. The molecule has 4 rings (SSSR count). The molecule has 1 aliphatic carbocycles. The van der Waals surface area contributed by atoms with Crippen molar-refractivity contribution < 1.29 is 0 Å². The van der Waals surface area contributed by atoms with Gasteiger partial charge < -0.3 is 5.32 Å². The molecule has 144 valence electrons. The monoisotopic (exact) mass is 369 g/mol. The molecule has 1 N–H and O–H groups in total. The number of benzene rings is 3. The molecule has 0 aliphatic heterocycles. The summed E-state index contributed by atoms with van der Waals surface area (Å²) < 4.78 is 0. The number of nitrogens with one attached hydrogen (secondary N) is 1. The zero-order valence-electron chi connectivity index (χ0n) is 17.8. The Bertz CT molecular complexity index is 1090. The highest BCUT2D eigenvalue weighted by molar-refractivity contribution is 6.13. The largest absolute Gasteiger partial charge is 0.376 e. The summed E-state index contributed by atoms with van der Waals surface area (Å²) in [6, 6.07) is 19.7. The summed E-state index contributed by atoms with van der Waals surface area (Å²) in [6.07, 6.45) is 6.97. The quantitative estimate of drug-likeness (QED) is 0.463. The van der Waals surface area contributed by atoms with E-state index in [1.807, 2.05) is 0 Å². The molecule has 0 radical (unpaired) electrons. The summed E-state index contributed by atoms with van der Waals surface area (Å²) in [5.41, 5.74) is 4.39. The van der Waals surface area contributed by atoms with Crippen LogP contribution in [0, 0.1) is 5.41 Å². The Kier molecular flexibility index (Phi) is 4.57. The van der Waals surface area contributed by atoms with Crippen molar-refractivity contribution in [1.29, 1.82) is 0 Å². The number of hydrogen-bond donors (Lipinski definition) is 1. The van der Waals surface area contributed by atoms with Crippen LogP contribution in [0.2, 0.25) is 0 Å². The third kappa shape index (κ3) is 3.46. The molecule has 0 atom stereocenters. The lowest BCUT2D eigenvalue weighted by molar-refractivity contribution is 0.473. The average Bonchev–Trinajstić information content (AvgIpc) is 2.67. The SMILES string of the molecule is CC(C)(C)C1=CC=C(C(C)(C)Nc2cccc3ccc4ccccc4c23)CC1. The predicted molar refractivity (Wildman–Crippen MR) is 124 cm³/mol. The van der Waals surface area contributed by atoms with Crippen molar-refractivity contribution in [3.63, 3.8) is 0 Å². The normalized spacial score (nSPS) is 15.5. The number of fused-ring (bicyclic) bond motifs is 3. The van der Waals surface area contributed by atoms with Gasteiger partial charge in [0.25, 0.3) is 0 Å². The number of anilines is 1. The molecule has 3 aromatic rings. The van der Waals surface area contributed by atoms with E-state index in [-0.39, 0.29) is 11.0 Å². The van der Waals surface area contributed by atoms with Crippen LogP contribution in [0.5, 0.6) is 0 Å². The summed E-state index contributed by atoms with van der Waals surface area (Å²) >= 11 is 0. The van der Waals surface area contributed by atoms with Crippen LogP contribution in [0.3, 0.4) is 0 Å². The number of rotatable bonds is 3. The van der Waals surface area contributed by atoms with E-state index in [0.29, 0.717) is 0 Å². The highest BCUT2D eigenvalue weighted by Crippen LogP contribution is 2.38. The number of hydrogen-bond acceptors (Lipinski definition) is 1. The van der Waals surface area contributed by atoms with Crippen LogP contribution in [-0.4, -0.2) is 5.54 Å². The minimum absolute atomic E-state index is 0.0921. The first-order valence-electron chi connectivity index (χ1n) is 10.3. The van der Waals surface area contributed by atoms with E-state index in [1.54, 1.807) is 5.57 Å². The van der Waals surface area contributed by atoms with Crippen molar-refractivity contribution in [2.45, 2.75) is 53.0 Å². The fourth-order valence-corrected chi connectivity index (χ4v) is 4.36. The zero-order valence-corrected chi connectivity index (χ0v) is 17.8. The van der Waals surface area contributed by atoms with Crippen molar-refractivity contribution in [2.75, 3.05) is 5.32 Å². The Hall–Kier alpha value is -2.54. The van der Waals surface area contributed by atoms with Crippen molar-refractivity contribution in [2.24, 2.45) is 5.41 Å². The second-order valence-electron chi connectivity index (χ2n) is 9.57. The standard InChI is InChI=1S/C27H31N/c1-26(2,3)21-15-17-22(18-16-21)27(4,5)28-24-12-8-10-20-14-13-19-9-6-7-11-23(19)25(20)24/h6-15,17,28H,16,18H2,1-5H3. The average molecular weight is 370 g/mol. The fourth-order valence-electron chi connectivity index (χ4n) is 4.36. The van der Waals surface area contributed by atoms with E-state index in [9.17, 15) is 0 Å². The van der Waals surface area contributed by atoms with Crippen molar-refractivity contribution in [3.05, 3.63) is 77.9 Å². The number of allylic oxidation sites excluding steroid dienone is 3. The lowest BCUT2D eigenvalue weighted by Crippen LogP contribution is -2.34. The molecule has 0 saturated heterocycles. The van der Waals surface area contributed by atoms with E-state index < -0.39 is 0 Å². The molecular formula is C27H31N. The summed E-state index contributed by atoms with van der Waals surface area (Å²) in [6.45, 7) is 11.5. The summed E-state index contributed by atoms with van der Waals surface area (Å²) in [4.78, 5) is 0. The van der Waals surface area contributed by atoms with E-state index >= 15 is 0 Å². The van der Waals surface area contributed by atoms with E-state index in [4.69, 9.17) is 0 Å². The molecular weight excluding hydrogens is 338 g/mol. The molecule has 0 saturated carbocycles. The lowest BCUT2D eigenvalue weighted by atomic mass is 9.77. The van der Waals surface area contributed by atoms with Gasteiger partial charge in [0.05, 0.1) is 5.54 Å². The Morgan fingerprint density at radius 2 is 1.32 bits per heavy atom. The Morgan fingerprint density at radius 1 is 0.679 bits per heavy atom. The molecule has 0 bridgehead atoms. The molecule has 1 aliphatic rings. The van der Waals surface area contributed by atoms with E-state index in [1.165, 1.54) is 32.8 Å². The lowest BCUT2D eigenvalue weighted by Gasteiger charge is -2.35. The summed E-state index contributed by atoms with van der Waals surface area (Å²) in [7, 11) is 0. The molecule has 0 spiro atoms. The van der Waals surface area contributed by atoms with Gasteiger partial charge in [-0.15, -0.1) is 0 Å². The van der Waals surface area contributed by atoms with Crippen molar-refractivity contribution in [3.8, 4) is 0 Å². The van der Waals surface area contributed by atoms with Crippen molar-refractivity contribution in [1.82, 2.24) is 0 Å². The van der Waals surface area contributed by atoms with Gasteiger partial charge in [0.1, 0.15) is 0 Å². The molecule has 1 heteroatoms. The second kappa shape index (κ2) is 6.81. The summed E-state index contributed by atoms with van der Waals surface area (Å²) in [5.74, 6) is 0. The first kappa shape index (κ1) is 18.8. The highest BCUT2D eigenvalue weighted by Gasteiger charge is 2.27. The minimum Gasteiger partial charge on any atom is -0.376 e. The van der Waals surface area contributed by atoms with Gasteiger partial charge in [-0.2, -0.15) is 0 Å². The van der Waals surface area contributed by atoms with Crippen LogP contribution in [0.25, 0.3) is 21.5 Å². The first-order chi connectivity index (χ1) is 13.3. The van der Waals surface area contributed by atoms with Crippen LogP contribution < -0.4 is 5.32 Å². The Balaban J connectivity index is 1.75. The van der Waals surface area contributed by atoms with E-state index in [2.05, 4.69) is 107 Å². The smallest absolute Gasteiger partial charge is 0.0532 e. The van der Waals surface area contributed by atoms with Gasteiger partial charge in [-0.3, -0.25) is 0 Å². The summed E-state index contributed by atoms with van der Waals surface area (Å²) in [5, 5.41) is 9.08. The van der Waals surface area contributed by atoms with Gasteiger partial charge in [0.15, 0.2) is 0 Å². The molecule has 0 amide bonds. The Labute approximate surface area is 169 Å². The van der Waals surface area contributed by atoms with Gasteiger partial charge >= 0.3 is 0 Å². The first-order valence-corrected chi connectivity index (χ1v) is 10.3. The Morgan fingerprint density at radius 3 is 2.04 bits per heavy atom. The molecule has 0 aromatic heterocycles. The molecule has 0 heterocycles. The second-order valence-corrected chi connectivity index (χ2v) is 9.57. The van der Waals surface area contributed by atoms with Crippen LogP contribution in [0.15, 0.2) is 77.9 Å². The molecule has 0 fully saturated rings. The molecule has 0 unspecified atom stereocenters. The maximum absolute atomic E-state index is 3.88. The van der Waals surface area contributed by atoms with Crippen molar-refractivity contribution >= 4 is 27.2 Å². The van der Waals surface area contributed by atoms with Crippen LogP contribution >= 0.6 is 0 Å². The maximum Gasteiger partial charge on any atom is 0.0532 e. The van der Waals surface area contributed by atoms with Gasteiger partial charge in [0, 0.05) is 11.1 Å². The maximum atomic E-state index is 3.88. The minimum atomic E-state index is -0.0921. The van der Waals surface area contributed by atoms with Crippen LogP contribution in [0.4, 0.5) is 5.69 Å². The third-order valence-corrected chi connectivity index (χ3v) is 6.13. The third-order valence-electron chi connectivity index (χ3n) is 6.13. The topological polar surface area (TPSA) is 12.0 Å². The molecule has 1 nitrogen and oxygen atoms in total. The highest BCUT2D eigenvalue weighted by atomic mass is 15.0. The van der Waals surface area contributed by atoms with E-state index in [0.717, 1.165) is 12.8 Å². The van der Waals surface area contributed by atoms with Gasteiger partial charge in [-0.25, -0.2) is 0 Å². The van der Waals surface area contributed by atoms with Gasteiger partial charge in [0.2, 0.25) is 0 Å².